The van der Waals surface area contributed by atoms with Crippen LogP contribution >= 0.6 is 0 Å². The van der Waals surface area contributed by atoms with Crippen molar-refractivity contribution in [3.63, 3.8) is 0 Å². The second-order valence-electron chi connectivity index (χ2n) is 10.6. The van der Waals surface area contributed by atoms with Gasteiger partial charge in [0.25, 0.3) is 0 Å². The highest BCUT2D eigenvalue weighted by Crippen LogP contribution is 2.45. The van der Waals surface area contributed by atoms with Crippen LogP contribution in [0.1, 0.15) is 35.1 Å². The molecule has 7 rings (SSSR count). The minimum absolute atomic E-state index is 0.0739. The molecule has 0 radical (unpaired) electrons. The van der Waals surface area contributed by atoms with Gasteiger partial charge in [-0.05, 0) is 72.9 Å². The second kappa shape index (κ2) is 9.09. The first kappa shape index (κ1) is 23.7. The molecule has 0 amide bonds. The lowest BCUT2D eigenvalue weighted by Crippen LogP contribution is -2.53. The molecular weight excluding hydrogens is 486 g/mol. The van der Waals surface area contributed by atoms with Gasteiger partial charge in [-0.2, -0.15) is 9.13 Å². The summed E-state index contributed by atoms with van der Waals surface area (Å²) in [6, 6.07) is 29.9. The van der Waals surface area contributed by atoms with Crippen molar-refractivity contribution < 1.29 is 17.9 Å². The molecule has 0 saturated heterocycles. The van der Waals surface area contributed by atoms with E-state index >= 15 is 0 Å². The number of hydrogen-bond donors (Lipinski definition) is 0. The van der Waals surface area contributed by atoms with Gasteiger partial charge in [-0.1, -0.05) is 48.5 Å². The van der Waals surface area contributed by atoms with Gasteiger partial charge in [-0.15, -0.1) is 0 Å². The number of halogens is 2. The predicted octanol–water partition coefficient (Wildman–Crippen LogP) is 7.60. The van der Waals surface area contributed by atoms with Crippen LogP contribution in [0.2, 0.25) is 0 Å². The third kappa shape index (κ3) is 3.74. The molecule has 0 aliphatic carbocycles. The van der Waals surface area contributed by atoms with Crippen LogP contribution < -0.4 is 9.13 Å². The van der Waals surface area contributed by atoms with Crippen molar-refractivity contribution in [2.45, 2.75) is 31.7 Å². The lowest BCUT2D eigenvalue weighted by Gasteiger charge is -2.29. The zero-order chi connectivity index (χ0) is 26.7. The van der Waals surface area contributed by atoms with Gasteiger partial charge in [0.15, 0.2) is 24.0 Å². The van der Waals surface area contributed by atoms with Crippen LogP contribution in [0.25, 0.3) is 39.3 Å². The Morgan fingerprint density at radius 2 is 1.51 bits per heavy atom. The molecule has 39 heavy (non-hydrogen) atoms. The van der Waals surface area contributed by atoms with E-state index in [1.54, 1.807) is 0 Å². The summed E-state index contributed by atoms with van der Waals surface area (Å²) < 4.78 is 33.8. The molecule has 0 N–H and O–H groups in total. The van der Waals surface area contributed by atoms with E-state index in [9.17, 15) is 8.78 Å². The van der Waals surface area contributed by atoms with Gasteiger partial charge < -0.3 is 0 Å². The van der Waals surface area contributed by atoms with Gasteiger partial charge in [0, 0.05) is 29.3 Å². The summed E-state index contributed by atoms with van der Waals surface area (Å²) in [5.41, 5.74) is 10.1. The van der Waals surface area contributed by atoms with Gasteiger partial charge in [0.05, 0.1) is 11.5 Å². The second-order valence-corrected chi connectivity index (χ2v) is 10.6. The van der Waals surface area contributed by atoms with Crippen LogP contribution in [0.4, 0.5) is 8.78 Å². The van der Waals surface area contributed by atoms with Crippen molar-refractivity contribution in [2.24, 2.45) is 0 Å². The van der Waals surface area contributed by atoms with E-state index in [0.717, 1.165) is 45.8 Å². The van der Waals surface area contributed by atoms with Crippen molar-refractivity contribution in [3.05, 3.63) is 138 Å². The fourth-order valence-corrected chi connectivity index (χ4v) is 6.56. The van der Waals surface area contributed by atoms with Crippen molar-refractivity contribution in [1.82, 2.24) is 0 Å². The Hall–Kier alpha value is -4.44. The molecule has 2 aliphatic rings. The minimum Gasteiger partial charge on any atom is -0.204 e. The Balaban J connectivity index is 1.54. The Morgan fingerprint density at radius 1 is 0.769 bits per heavy atom. The van der Waals surface area contributed by atoms with Crippen LogP contribution in [0, 0.1) is 18.6 Å². The Kier molecular flexibility index (Phi) is 5.52. The molecule has 2 aliphatic heterocycles. The summed E-state index contributed by atoms with van der Waals surface area (Å²) in [7, 11) is 0. The first-order valence-corrected chi connectivity index (χ1v) is 13.4. The molecule has 0 fully saturated rings. The predicted molar refractivity (Wildman–Crippen MR) is 150 cm³/mol. The number of allylic oxidation sites excluding steroid dienone is 1. The molecule has 2 unspecified atom stereocenters. The Bertz CT molecular complexity index is 1770. The summed E-state index contributed by atoms with van der Waals surface area (Å²) in [4.78, 5) is 0. The van der Waals surface area contributed by atoms with E-state index in [0.29, 0.717) is 12.0 Å². The summed E-state index contributed by atoms with van der Waals surface area (Å²) >= 11 is 0. The number of aromatic nitrogens is 2. The van der Waals surface area contributed by atoms with Gasteiger partial charge in [0.1, 0.15) is 0 Å². The molecular formula is C35H28F2N2+2. The maximum atomic E-state index is 14.8. The Morgan fingerprint density at radius 3 is 2.36 bits per heavy atom. The molecule has 3 aromatic carbocycles. The van der Waals surface area contributed by atoms with Crippen LogP contribution in [0.3, 0.4) is 0 Å². The van der Waals surface area contributed by atoms with E-state index in [1.165, 1.54) is 23.3 Å². The topological polar surface area (TPSA) is 7.76 Å². The smallest absolute Gasteiger partial charge is 0.204 e. The lowest BCUT2D eigenvalue weighted by atomic mass is 9.78. The third-order valence-electron chi connectivity index (χ3n) is 8.39. The van der Waals surface area contributed by atoms with Gasteiger partial charge in [0.2, 0.25) is 23.1 Å². The van der Waals surface area contributed by atoms with Crippen LogP contribution in [0.5, 0.6) is 0 Å². The van der Waals surface area contributed by atoms with Crippen molar-refractivity contribution in [1.29, 1.82) is 0 Å². The SMILES string of the molecule is C=C1C2C(CCc3cc(F)c(F)cc3-c3cc(C)c(-c4ccccc4)c[n+]31)c1ccccc1-c1cccc[n+]12. The zero-order valence-electron chi connectivity index (χ0n) is 21.7. The molecule has 2 atom stereocenters. The molecule has 5 aromatic rings. The van der Waals surface area contributed by atoms with Crippen LogP contribution in [0.15, 0.2) is 110 Å². The highest BCUT2D eigenvalue weighted by atomic mass is 19.2. The molecule has 0 saturated carbocycles. The quantitative estimate of drug-likeness (QED) is 0.204. The fraction of sp³-hybridized carbons (Fsp3) is 0.143. The Labute approximate surface area is 227 Å². The van der Waals surface area contributed by atoms with Gasteiger partial charge in [-0.3, -0.25) is 0 Å². The molecule has 0 bridgehead atoms. The van der Waals surface area contributed by atoms with Gasteiger partial charge in [-0.25, -0.2) is 8.78 Å². The highest BCUT2D eigenvalue weighted by molar-refractivity contribution is 5.71. The molecule has 2 aromatic heterocycles. The van der Waals surface area contributed by atoms with Gasteiger partial charge >= 0.3 is 0 Å². The molecule has 190 valence electrons. The maximum absolute atomic E-state index is 14.8. The first-order valence-electron chi connectivity index (χ1n) is 13.4. The largest absolute Gasteiger partial charge is 0.249 e. The summed E-state index contributed by atoms with van der Waals surface area (Å²) in [5, 5.41) is 0. The monoisotopic (exact) mass is 514 g/mol. The normalized spacial score (nSPS) is 17.5. The number of nitrogens with zero attached hydrogens (tertiary/aromatic N) is 2. The number of fused-ring (bicyclic) bond motifs is 9. The van der Waals surface area contributed by atoms with E-state index in [4.69, 9.17) is 6.58 Å². The number of hydrogen-bond acceptors (Lipinski definition) is 0. The summed E-state index contributed by atoms with van der Waals surface area (Å²) in [6.45, 7) is 6.78. The summed E-state index contributed by atoms with van der Waals surface area (Å²) in [5.74, 6) is -1.54. The molecule has 4 heteroatoms. The average molecular weight is 515 g/mol. The lowest BCUT2D eigenvalue weighted by molar-refractivity contribution is -0.727. The van der Waals surface area contributed by atoms with Crippen LogP contribution in [-0.4, -0.2) is 0 Å². The van der Waals surface area contributed by atoms with E-state index in [-0.39, 0.29) is 12.0 Å². The molecule has 4 heterocycles. The minimum atomic E-state index is -0.836. The number of pyridine rings is 2. The molecule has 2 nitrogen and oxygen atoms in total. The van der Waals surface area contributed by atoms with Crippen molar-refractivity contribution >= 4 is 5.70 Å². The summed E-state index contributed by atoms with van der Waals surface area (Å²) in [6.07, 6.45) is 5.65. The van der Waals surface area contributed by atoms with E-state index in [1.807, 2.05) is 18.2 Å². The van der Waals surface area contributed by atoms with E-state index < -0.39 is 11.6 Å². The molecule has 0 spiro atoms. The van der Waals surface area contributed by atoms with Crippen LogP contribution in [-0.2, 0) is 6.42 Å². The first-order chi connectivity index (χ1) is 19.0. The highest BCUT2D eigenvalue weighted by Gasteiger charge is 2.46. The number of aryl methyl sites for hydroxylation is 2. The fourth-order valence-electron chi connectivity index (χ4n) is 6.56. The number of benzene rings is 3. The zero-order valence-corrected chi connectivity index (χ0v) is 21.7. The number of rotatable bonds is 1. The third-order valence-corrected chi connectivity index (χ3v) is 8.39. The van der Waals surface area contributed by atoms with E-state index in [2.05, 4.69) is 89.1 Å². The maximum Gasteiger partial charge on any atom is 0.249 e. The average Bonchev–Trinajstić information content (AvgIpc) is 3.01. The van der Waals surface area contributed by atoms with Crippen molar-refractivity contribution in [3.8, 4) is 33.6 Å². The van der Waals surface area contributed by atoms with Crippen molar-refractivity contribution in [2.75, 3.05) is 0 Å². The standard InChI is InChI=1S/C35H28F2N2/c1-22-18-34-29-20-32(37)31(36)19-25(29)15-16-28-26-12-6-7-13-27(26)33-14-8-9-17-38(33)35(28)23(2)39(34)21-30(22)24-10-4-3-5-11-24/h3-14,17-21,28,35H,2,15-16H2,1H3/q+2.